The standard InChI is InChI=1S/C18H15N3O2S/c1-19-18(23)12-5-4-6-13(11-12)20-16(22)9-10-17-21-14-7-2-3-8-15(14)24-17/h2-11H,1H3,(H,19,23)(H,20,22)/b10-9+. The minimum Gasteiger partial charge on any atom is -0.355 e. The summed E-state index contributed by atoms with van der Waals surface area (Å²) in [6.45, 7) is 0. The van der Waals surface area contributed by atoms with Gasteiger partial charge in [0.2, 0.25) is 5.91 Å². The van der Waals surface area contributed by atoms with Gasteiger partial charge in [0.05, 0.1) is 10.2 Å². The van der Waals surface area contributed by atoms with E-state index in [0.717, 1.165) is 15.2 Å². The minimum absolute atomic E-state index is 0.198. The second kappa shape index (κ2) is 7.06. The molecule has 0 spiro atoms. The molecule has 2 aromatic carbocycles. The van der Waals surface area contributed by atoms with Crippen LogP contribution in [0.3, 0.4) is 0 Å². The van der Waals surface area contributed by atoms with Crippen LogP contribution in [0.5, 0.6) is 0 Å². The summed E-state index contributed by atoms with van der Waals surface area (Å²) in [5, 5.41) is 6.05. The Hall–Kier alpha value is -2.99. The number of hydrogen-bond acceptors (Lipinski definition) is 4. The number of amides is 2. The van der Waals surface area contributed by atoms with E-state index in [4.69, 9.17) is 0 Å². The molecule has 0 radical (unpaired) electrons. The maximum absolute atomic E-state index is 12.0. The molecule has 0 bridgehead atoms. The quantitative estimate of drug-likeness (QED) is 0.718. The molecule has 0 atom stereocenters. The Balaban J connectivity index is 1.70. The van der Waals surface area contributed by atoms with Crippen LogP contribution in [0, 0.1) is 0 Å². The van der Waals surface area contributed by atoms with Crippen LogP contribution in [0.2, 0.25) is 0 Å². The number of nitrogens with one attached hydrogen (secondary N) is 2. The molecule has 5 nitrogen and oxygen atoms in total. The van der Waals surface area contributed by atoms with Gasteiger partial charge in [-0.15, -0.1) is 11.3 Å². The van der Waals surface area contributed by atoms with Gasteiger partial charge in [-0.2, -0.15) is 0 Å². The van der Waals surface area contributed by atoms with Crippen molar-refractivity contribution in [2.24, 2.45) is 0 Å². The summed E-state index contributed by atoms with van der Waals surface area (Å²) in [7, 11) is 1.56. The smallest absolute Gasteiger partial charge is 0.251 e. The predicted octanol–water partition coefficient (Wildman–Crippen LogP) is 3.31. The molecule has 1 aromatic heterocycles. The zero-order chi connectivity index (χ0) is 16.9. The topological polar surface area (TPSA) is 71.1 Å². The van der Waals surface area contributed by atoms with E-state index in [0.29, 0.717) is 11.3 Å². The van der Waals surface area contributed by atoms with E-state index in [1.165, 1.54) is 17.4 Å². The fraction of sp³-hybridized carbons (Fsp3) is 0.0556. The number of carbonyl (C=O) groups excluding carboxylic acids is 2. The Morgan fingerprint density at radius 1 is 1.12 bits per heavy atom. The zero-order valence-corrected chi connectivity index (χ0v) is 13.8. The summed E-state index contributed by atoms with van der Waals surface area (Å²) < 4.78 is 1.08. The maximum atomic E-state index is 12.0. The largest absolute Gasteiger partial charge is 0.355 e. The van der Waals surface area contributed by atoms with E-state index in [1.54, 1.807) is 37.4 Å². The lowest BCUT2D eigenvalue weighted by Gasteiger charge is -2.04. The molecule has 0 aliphatic rings. The molecule has 2 amide bonds. The second-order valence-electron chi connectivity index (χ2n) is 5.00. The summed E-state index contributed by atoms with van der Waals surface area (Å²) in [6, 6.07) is 14.6. The van der Waals surface area contributed by atoms with Gasteiger partial charge in [0, 0.05) is 24.4 Å². The molecule has 0 aliphatic carbocycles. The molecular formula is C18H15N3O2S. The maximum Gasteiger partial charge on any atom is 0.251 e. The first-order valence-corrected chi connectivity index (χ1v) is 8.14. The van der Waals surface area contributed by atoms with Crippen molar-refractivity contribution < 1.29 is 9.59 Å². The highest BCUT2D eigenvalue weighted by atomic mass is 32.1. The summed E-state index contributed by atoms with van der Waals surface area (Å²) in [5.41, 5.74) is 1.97. The van der Waals surface area contributed by atoms with Gasteiger partial charge in [-0.3, -0.25) is 9.59 Å². The zero-order valence-electron chi connectivity index (χ0n) is 12.9. The molecule has 0 unspecified atom stereocenters. The van der Waals surface area contributed by atoms with Crippen molar-refractivity contribution >= 4 is 45.1 Å². The first-order valence-electron chi connectivity index (χ1n) is 7.32. The van der Waals surface area contributed by atoms with Crippen LogP contribution in [0.15, 0.2) is 54.6 Å². The Morgan fingerprint density at radius 3 is 2.75 bits per heavy atom. The number of carbonyl (C=O) groups is 2. The molecule has 2 N–H and O–H groups in total. The lowest BCUT2D eigenvalue weighted by molar-refractivity contribution is -0.111. The Labute approximate surface area is 143 Å². The number of aromatic nitrogens is 1. The summed E-state index contributed by atoms with van der Waals surface area (Å²) in [6.07, 6.45) is 3.12. The van der Waals surface area contributed by atoms with E-state index in [1.807, 2.05) is 24.3 Å². The normalized spacial score (nSPS) is 10.9. The number of thiazole rings is 1. The molecule has 0 saturated heterocycles. The monoisotopic (exact) mass is 337 g/mol. The third kappa shape index (κ3) is 3.67. The third-order valence-electron chi connectivity index (χ3n) is 3.31. The van der Waals surface area contributed by atoms with Crippen molar-refractivity contribution in [1.29, 1.82) is 0 Å². The van der Waals surface area contributed by atoms with E-state index < -0.39 is 0 Å². The number of para-hydroxylation sites is 1. The van der Waals surface area contributed by atoms with Crippen LogP contribution in [-0.2, 0) is 4.79 Å². The summed E-state index contributed by atoms with van der Waals surface area (Å²) in [5.74, 6) is -0.473. The molecule has 1 heterocycles. The highest BCUT2D eigenvalue weighted by Gasteiger charge is 2.05. The molecule has 0 saturated carbocycles. The number of hydrogen-bond donors (Lipinski definition) is 2. The Morgan fingerprint density at radius 2 is 1.96 bits per heavy atom. The van der Waals surface area contributed by atoms with E-state index in [2.05, 4.69) is 15.6 Å². The lowest BCUT2D eigenvalue weighted by Crippen LogP contribution is -2.18. The van der Waals surface area contributed by atoms with Crippen molar-refractivity contribution in [2.75, 3.05) is 12.4 Å². The summed E-state index contributed by atoms with van der Waals surface area (Å²) >= 11 is 1.52. The first-order chi connectivity index (χ1) is 11.7. The Kier molecular flexibility index (Phi) is 4.67. The number of benzene rings is 2. The van der Waals surface area contributed by atoms with Crippen LogP contribution in [0.4, 0.5) is 5.69 Å². The molecule has 3 rings (SSSR count). The van der Waals surface area contributed by atoms with Gasteiger partial charge >= 0.3 is 0 Å². The van der Waals surface area contributed by atoms with Gasteiger partial charge < -0.3 is 10.6 Å². The van der Waals surface area contributed by atoms with Crippen molar-refractivity contribution in [3.8, 4) is 0 Å². The molecular weight excluding hydrogens is 322 g/mol. The van der Waals surface area contributed by atoms with Crippen LogP contribution < -0.4 is 10.6 Å². The van der Waals surface area contributed by atoms with Gasteiger partial charge in [-0.25, -0.2) is 4.98 Å². The minimum atomic E-state index is -0.275. The van der Waals surface area contributed by atoms with Gasteiger partial charge in [-0.05, 0) is 36.4 Å². The van der Waals surface area contributed by atoms with E-state index in [-0.39, 0.29) is 11.8 Å². The van der Waals surface area contributed by atoms with Crippen molar-refractivity contribution in [1.82, 2.24) is 10.3 Å². The van der Waals surface area contributed by atoms with E-state index in [9.17, 15) is 9.59 Å². The molecule has 24 heavy (non-hydrogen) atoms. The SMILES string of the molecule is CNC(=O)c1cccc(NC(=O)/C=C/c2nc3ccccc3s2)c1. The van der Waals surface area contributed by atoms with Gasteiger partial charge in [-0.1, -0.05) is 18.2 Å². The average molecular weight is 337 g/mol. The Bertz CT molecular complexity index is 898. The average Bonchev–Trinajstić information content (AvgIpc) is 3.02. The van der Waals surface area contributed by atoms with Gasteiger partial charge in [0.25, 0.3) is 5.91 Å². The lowest BCUT2D eigenvalue weighted by atomic mass is 10.2. The molecule has 120 valence electrons. The van der Waals surface area contributed by atoms with Crippen LogP contribution in [-0.4, -0.2) is 23.8 Å². The van der Waals surface area contributed by atoms with Crippen molar-refractivity contribution in [3.63, 3.8) is 0 Å². The highest BCUT2D eigenvalue weighted by molar-refractivity contribution is 7.19. The highest BCUT2D eigenvalue weighted by Crippen LogP contribution is 2.22. The predicted molar refractivity (Wildman–Crippen MR) is 97.1 cm³/mol. The van der Waals surface area contributed by atoms with Crippen LogP contribution in [0.25, 0.3) is 16.3 Å². The molecule has 0 fully saturated rings. The molecule has 6 heteroatoms. The van der Waals surface area contributed by atoms with Crippen LogP contribution >= 0.6 is 11.3 Å². The molecule has 3 aromatic rings. The third-order valence-corrected chi connectivity index (χ3v) is 4.31. The number of anilines is 1. The first kappa shape index (κ1) is 15.9. The van der Waals surface area contributed by atoms with Crippen LogP contribution in [0.1, 0.15) is 15.4 Å². The van der Waals surface area contributed by atoms with E-state index >= 15 is 0 Å². The fourth-order valence-electron chi connectivity index (χ4n) is 2.17. The van der Waals surface area contributed by atoms with Gasteiger partial charge in [0.15, 0.2) is 0 Å². The van der Waals surface area contributed by atoms with Gasteiger partial charge in [0.1, 0.15) is 5.01 Å². The fourth-order valence-corrected chi connectivity index (χ4v) is 3.05. The van der Waals surface area contributed by atoms with Crippen molar-refractivity contribution in [2.45, 2.75) is 0 Å². The number of rotatable bonds is 4. The molecule has 0 aliphatic heterocycles. The number of nitrogens with zero attached hydrogens (tertiary/aromatic N) is 1. The summed E-state index contributed by atoms with van der Waals surface area (Å²) in [4.78, 5) is 28.1. The van der Waals surface area contributed by atoms with Crippen molar-refractivity contribution in [3.05, 3.63) is 65.2 Å². The second-order valence-corrected chi connectivity index (χ2v) is 6.06. The number of fused-ring (bicyclic) bond motifs is 1.